The third kappa shape index (κ3) is 4.80. The van der Waals surface area contributed by atoms with Gasteiger partial charge in [0, 0.05) is 5.56 Å². The van der Waals surface area contributed by atoms with Gasteiger partial charge in [-0.25, -0.2) is 9.79 Å². The first-order valence-corrected chi connectivity index (χ1v) is 14.3. The minimum absolute atomic E-state index is 0.175. The van der Waals surface area contributed by atoms with Crippen LogP contribution in [0.1, 0.15) is 29.7 Å². The van der Waals surface area contributed by atoms with Crippen molar-refractivity contribution >= 4 is 39.9 Å². The molecule has 1 atom stereocenters. The molecule has 0 aliphatic carbocycles. The Kier molecular flexibility index (Phi) is 7.46. The lowest BCUT2D eigenvalue weighted by molar-refractivity contribution is -0.138. The Bertz CT molecular complexity index is 2020. The second-order valence-electron chi connectivity index (χ2n) is 9.61. The number of benzene rings is 4. The molecule has 1 aliphatic rings. The maximum atomic E-state index is 14.2. The number of hydrogen-bond donors (Lipinski definition) is 0. The fraction of sp³-hybridized carbons (Fsp3) is 0.147. The predicted octanol–water partition coefficient (Wildman–Crippen LogP) is 5.11. The number of esters is 1. The monoisotopic (exact) mass is 576 g/mol. The molecular weight excluding hydrogens is 548 g/mol. The first-order chi connectivity index (χ1) is 20.5. The van der Waals surface area contributed by atoms with Crippen LogP contribution in [0, 0.1) is 0 Å². The van der Waals surface area contributed by atoms with Crippen molar-refractivity contribution in [2.24, 2.45) is 4.99 Å². The van der Waals surface area contributed by atoms with Crippen molar-refractivity contribution < 1.29 is 19.0 Å². The van der Waals surface area contributed by atoms with Crippen molar-refractivity contribution in [3.8, 4) is 11.5 Å². The first-order valence-electron chi connectivity index (χ1n) is 13.5. The smallest absolute Gasteiger partial charge is 0.338 e. The lowest BCUT2D eigenvalue weighted by atomic mass is 9.93. The van der Waals surface area contributed by atoms with Crippen LogP contribution < -0.4 is 24.4 Å². The highest BCUT2D eigenvalue weighted by Gasteiger charge is 2.35. The van der Waals surface area contributed by atoms with E-state index in [-0.39, 0.29) is 17.7 Å². The van der Waals surface area contributed by atoms with Gasteiger partial charge in [-0.1, -0.05) is 90.2 Å². The van der Waals surface area contributed by atoms with Gasteiger partial charge in [-0.2, -0.15) is 0 Å². The van der Waals surface area contributed by atoms with E-state index in [1.165, 1.54) is 11.3 Å². The van der Waals surface area contributed by atoms with E-state index in [9.17, 15) is 9.59 Å². The number of fused-ring (bicyclic) bond motifs is 2. The summed E-state index contributed by atoms with van der Waals surface area (Å²) in [4.78, 5) is 33.3. The minimum atomic E-state index is -0.815. The normalized spacial score (nSPS) is 14.8. The van der Waals surface area contributed by atoms with E-state index >= 15 is 0 Å². The van der Waals surface area contributed by atoms with E-state index in [0.29, 0.717) is 32.1 Å². The molecule has 7 nitrogen and oxygen atoms in total. The zero-order valence-electron chi connectivity index (χ0n) is 23.4. The third-order valence-electron chi connectivity index (χ3n) is 7.21. The number of hydrogen-bond acceptors (Lipinski definition) is 7. The first kappa shape index (κ1) is 27.2. The van der Waals surface area contributed by atoms with Crippen molar-refractivity contribution in [1.29, 1.82) is 0 Å². The molecule has 0 saturated heterocycles. The van der Waals surface area contributed by atoms with Crippen LogP contribution in [0.15, 0.2) is 106 Å². The van der Waals surface area contributed by atoms with Crippen LogP contribution >= 0.6 is 11.3 Å². The third-order valence-corrected chi connectivity index (χ3v) is 8.19. The molecule has 0 fully saturated rings. The van der Waals surface area contributed by atoms with Gasteiger partial charge in [0.15, 0.2) is 16.3 Å². The van der Waals surface area contributed by atoms with Crippen molar-refractivity contribution in [2.45, 2.75) is 13.0 Å². The Balaban J connectivity index is 1.67. The van der Waals surface area contributed by atoms with Gasteiger partial charge in [-0.15, -0.1) is 0 Å². The minimum Gasteiger partial charge on any atom is -0.493 e. The Hall–Kier alpha value is -4.95. The summed E-state index contributed by atoms with van der Waals surface area (Å²) >= 11 is 1.29. The van der Waals surface area contributed by atoms with Crippen LogP contribution in [0.2, 0.25) is 0 Å². The number of methoxy groups -OCH3 is 2. The summed E-state index contributed by atoms with van der Waals surface area (Å²) in [6.45, 7) is 1.93. The van der Waals surface area contributed by atoms with Gasteiger partial charge in [0.25, 0.3) is 5.56 Å². The number of ether oxygens (including phenoxy) is 3. The zero-order chi connectivity index (χ0) is 29.2. The number of thiazole rings is 1. The molecular formula is C34H28N2O5S. The summed E-state index contributed by atoms with van der Waals surface area (Å²) in [7, 11) is 3.11. The second kappa shape index (κ2) is 11.5. The van der Waals surface area contributed by atoms with Gasteiger partial charge < -0.3 is 14.2 Å². The van der Waals surface area contributed by atoms with E-state index in [2.05, 4.69) is 0 Å². The number of rotatable bonds is 7. The van der Waals surface area contributed by atoms with E-state index in [4.69, 9.17) is 19.2 Å². The fourth-order valence-electron chi connectivity index (χ4n) is 5.30. The van der Waals surface area contributed by atoms with Crippen molar-refractivity contribution in [2.75, 3.05) is 20.8 Å². The van der Waals surface area contributed by atoms with Crippen molar-refractivity contribution in [3.63, 3.8) is 0 Å². The molecule has 210 valence electrons. The van der Waals surface area contributed by atoms with Crippen LogP contribution in [-0.4, -0.2) is 31.4 Å². The van der Waals surface area contributed by atoms with Crippen LogP contribution in [0.3, 0.4) is 0 Å². The molecule has 0 N–H and O–H groups in total. The molecule has 5 aromatic rings. The van der Waals surface area contributed by atoms with Crippen molar-refractivity contribution in [3.05, 3.63) is 133 Å². The summed E-state index contributed by atoms with van der Waals surface area (Å²) in [5.74, 6) is 0.479. The maximum absolute atomic E-state index is 14.2. The molecule has 0 spiro atoms. The van der Waals surface area contributed by atoms with Gasteiger partial charge >= 0.3 is 5.97 Å². The number of aromatic nitrogens is 1. The van der Waals surface area contributed by atoms with Gasteiger partial charge in [0.1, 0.15) is 0 Å². The quantitative estimate of drug-likeness (QED) is 0.252. The highest BCUT2D eigenvalue weighted by molar-refractivity contribution is 7.07. The molecule has 4 aromatic carbocycles. The van der Waals surface area contributed by atoms with Crippen LogP contribution in [0.4, 0.5) is 0 Å². The molecule has 2 heterocycles. The Morgan fingerprint density at radius 3 is 2.43 bits per heavy atom. The predicted molar refractivity (Wildman–Crippen MR) is 165 cm³/mol. The van der Waals surface area contributed by atoms with Gasteiger partial charge in [0.05, 0.1) is 42.7 Å². The second-order valence-corrected chi connectivity index (χ2v) is 10.6. The average molecular weight is 577 g/mol. The summed E-state index contributed by atoms with van der Waals surface area (Å²) in [5, 5.41) is 2.12. The summed E-state index contributed by atoms with van der Waals surface area (Å²) in [6.07, 6.45) is 1.90. The molecule has 0 saturated carbocycles. The van der Waals surface area contributed by atoms with Gasteiger partial charge in [0.2, 0.25) is 0 Å². The Labute approximate surface area is 246 Å². The standard InChI is InChI=1S/C34H28N2O5S/c1-4-41-33(38)29-30(22-12-6-5-7-13-22)35-34-36(31(29)24-17-18-26(39-2)27(19-24)40-3)32(37)28(42-34)20-23-15-10-14-21-11-8-9-16-25(21)23/h5-20,31H,4H2,1-3H3/b28-20-/t31-/m1/s1. The SMILES string of the molecule is CCOC(=O)C1=C(c2ccccc2)N=c2s/c(=C\c3cccc4ccccc34)c(=O)n2[C@@H]1c1ccc(OC)c(OC)c1. The molecule has 1 aliphatic heterocycles. The molecule has 0 bridgehead atoms. The Morgan fingerprint density at radius 1 is 0.929 bits per heavy atom. The number of carbonyl (C=O) groups excluding carboxylic acids is 1. The summed E-state index contributed by atoms with van der Waals surface area (Å²) in [6, 6.07) is 28.1. The summed E-state index contributed by atoms with van der Waals surface area (Å²) in [5.41, 5.74) is 2.83. The lowest BCUT2D eigenvalue weighted by Crippen LogP contribution is -2.40. The maximum Gasteiger partial charge on any atom is 0.338 e. The van der Waals surface area contributed by atoms with Crippen LogP contribution in [-0.2, 0) is 9.53 Å². The Morgan fingerprint density at radius 2 is 1.67 bits per heavy atom. The van der Waals surface area contributed by atoms with E-state index in [1.807, 2.05) is 84.9 Å². The highest BCUT2D eigenvalue weighted by Crippen LogP contribution is 2.38. The number of nitrogens with zero attached hydrogens (tertiary/aromatic N) is 2. The molecule has 0 radical (unpaired) electrons. The molecule has 1 aromatic heterocycles. The van der Waals surface area contributed by atoms with Gasteiger partial charge in [-0.3, -0.25) is 9.36 Å². The molecule has 42 heavy (non-hydrogen) atoms. The largest absolute Gasteiger partial charge is 0.493 e. The lowest BCUT2D eigenvalue weighted by Gasteiger charge is -2.26. The average Bonchev–Trinajstić information content (AvgIpc) is 3.34. The fourth-order valence-corrected chi connectivity index (χ4v) is 6.29. The zero-order valence-corrected chi connectivity index (χ0v) is 24.2. The summed E-state index contributed by atoms with van der Waals surface area (Å²) < 4.78 is 18.7. The topological polar surface area (TPSA) is 79.1 Å². The van der Waals surface area contributed by atoms with Gasteiger partial charge in [-0.05, 0) is 47.0 Å². The van der Waals surface area contributed by atoms with Crippen molar-refractivity contribution in [1.82, 2.24) is 4.57 Å². The molecule has 6 rings (SSSR count). The number of carbonyl (C=O) groups is 1. The molecule has 8 heteroatoms. The molecule has 0 amide bonds. The van der Waals surface area contributed by atoms with E-state index in [1.54, 1.807) is 37.8 Å². The highest BCUT2D eigenvalue weighted by atomic mass is 32.1. The molecule has 0 unspecified atom stereocenters. The van der Waals surface area contributed by atoms with Crippen LogP contribution in [0.5, 0.6) is 11.5 Å². The van der Waals surface area contributed by atoms with E-state index in [0.717, 1.165) is 21.9 Å². The van der Waals surface area contributed by atoms with Crippen LogP contribution in [0.25, 0.3) is 22.5 Å². The van der Waals surface area contributed by atoms with E-state index < -0.39 is 12.0 Å².